The summed E-state index contributed by atoms with van der Waals surface area (Å²) >= 11 is 7.25. The SMILES string of the molecule is Cc1ccc(-c2csc(NC(=O)C3CCCN(S(=O)(=O)c4ccc(Cl)cc4)C3)n2)c(C)c1. The minimum Gasteiger partial charge on any atom is -0.302 e. The molecule has 1 N–H and O–H groups in total. The number of nitrogens with one attached hydrogen (secondary N) is 1. The smallest absolute Gasteiger partial charge is 0.243 e. The first-order chi connectivity index (χ1) is 15.2. The van der Waals surface area contributed by atoms with Crippen molar-refractivity contribution in [1.29, 1.82) is 0 Å². The number of amides is 1. The van der Waals surface area contributed by atoms with E-state index in [0.29, 0.717) is 29.5 Å². The van der Waals surface area contributed by atoms with Gasteiger partial charge in [0.2, 0.25) is 15.9 Å². The number of carbonyl (C=O) groups is 1. The first-order valence-electron chi connectivity index (χ1n) is 10.3. The van der Waals surface area contributed by atoms with Crippen molar-refractivity contribution >= 4 is 44.0 Å². The molecule has 0 saturated carbocycles. The van der Waals surface area contributed by atoms with Crippen molar-refractivity contribution < 1.29 is 13.2 Å². The van der Waals surface area contributed by atoms with E-state index in [4.69, 9.17) is 11.6 Å². The maximum Gasteiger partial charge on any atom is 0.243 e. The minimum atomic E-state index is -3.68. The number of sulfonamides is 1. The Hall–Kier alpha value is -2.26. The minimum absolute atomic E-state index is 0.145. The van der Waals surface area contributed by atoms with Gasteiger partial charge in [-0.25, -0.2) is 13.4 Å². The molecule has 32 heavy (non-hydrogen) atoms. The predicted molar refractivity (Wildman–Crippen MR) is 129 cm³/mol. The molecule has 1 atom stereocenters. The molecule has 4 rings (SSSR count). The summed E-state index contributed by atoms with van der Waals surface area (Å²) in [5, 5.41) is 5.80. The number of piperidine rings is 1. The van der Waals surface area contributed by atoms with E-state index in [1.165, 1.54) is 33.3 Å². The Bertz CT molecular complexity index is 1240. The van der Waals surface area contributed by atoms with Crippen molar-refractivity contribution in [3.05, 3.63) is 64.0 Å². The van der Waals surface area contributed by atoms with Crippen molar-refractivity contribution in [3.63, 3.8) is 0 Å². The van der Waals surface area contributed by atoms with Crippen LogP contribution in [0.1, 0.15) is 24.0 Å². The third-order valence-corrected chi connectivity index (χ3v) is 8.49. The average Bonchev–Trinajstić information content (AvgIpc) is 3.22. The van der Waals surface area contributed by atoms with Gasteiger partial charge >= 0.3 is 0 Å². The van der Waals surface area contributed by atoms with E-state index in [0.717, 1.165) is 16.8 Å². The Morgan fingerprint density at radius 3 is 2.66 bits per heavy atom. The lowest BCUT2D eigenvalue weighted by Crippen LogP contribution is -2.43. The number of hydrogen-bond acceptors (Lipinski definition) is 5. The maximum absolute atomic E-state index is 13.0. The number of carbonyl (C=O) groups excluding carboxylic acids is 1. The van der Waals surface area contributed by atoms with Crippen molar-refractivity contribution in [2.75, 3.05) is 18.4 Å². The van der Waals surface area contributed by atoms with Crippen LogP contribution < -0.4 is 5.32 Å². The molecule has 0 spiro atoms. The second-order valence-electron chi connectivity index (χ2n) is 8.00. The number of aromatic nitrogens is 1. The molecule has 1 saturated heterocycles. The van der Waals surface area contributed by atoms with Gasteiger partial charge in [0.05, 0.1) is 16.5 Å². The second-order valence-corrected chi connectivity index (χ2v) is 11.2. The molecule has 1 fully saturated rings. The van der Waals surface area contributed by atoms with Crippen molar-refractivity contribution in [2.45, 2.75) is 31.6 Å². The summed E-state index contributed by atoms with van der Waals surface area (Å²) in [7, 11) is -3.68. The first kappa shape index (κ1) is 22.9. The zero-order valence-electron chi connectivity index (χ0n) is 17.8. The number of rotatable bonds is 5. The Morgan fingerprint density at radius 2 is 1.94 bits per heavy atom. The average molecular weight is 490 g/mol. The summed E-state index contributed by atoms with van der Waals surface area (Å²) in [6, 6.07) is 12.3. The number of hydrogen-bond donors (Lipinski definition) is 1. The maximum atomic E-state index is 13.0. The number of halogens is 1. The number of anilines is 1. The number of nitrogens with zero attached hydrogens (tertiary/aromatic N) is 2. The Balaban J connectivity index is 1.45. The fourth-order valence-corrected chi connectivity index (χ4v) is 6.26. The lowest BCUT2D eigenvalue weighted by atomic mass is 9.99. The van der Waals surface area contributed by atoms with Gasteiger partial charge in [0.15, 0.2) is 5.13 Å². The molecular weight excluding hydrogens is 466 g/mol. The van der Waals surface area contributed by atoms with E-state index in [1.54, 1.807) is 12.1 Å². The molecular formula is C23H24ClN3O3S2. The lowest BCUT2D eigenvalue weighted by Gasteiger charge is -2.31. The van der Waals surface area contributed by atoms with Gasteiger partial charge < -0.3 is 5.32 Å². The lowest BCUT2D eigenvalue weighted by molar-refractivity contribution is -0.120. The summed E-state index contributed by atoms with van der Waals surface area (Å²) in [6.07, 6.45) is 1.25. The Labute approximate surface area is 197 Å². The van der Waals surface area contributed by atoms with E-state index in [1.807, 2.05) is 31.4 Å². The molecule has 2 heterocycles. The van der Waals surface area contributed by atoms with Crippen LogP contribution in [0.4, 0.5) is 5.13 Å². The van der Waals surface area contributed by atoms with Crippen LogP contribution in [-0.4, -0.2) is 36.7 Å². The molecule has 1 unspecified atom stereocenters. The molecule has 0 aliphatic carbocycles. The van der Waals surface area contributed by atoms with Gasteiger partial charge in [-0.15, -0.1) is 11.3 Å². The number of thiazole rings is 1. The van der Waals surface area contributed by atoms with Gasteiger partial charge in [-0.3, -0.25) is 4.79 Å². The molecule has 1 amide bonds. The predicted octanol–water partition coefficient (Wildman–Crippen LogP) is 5.12. The van der Waals surface area contributed by atoms with Crippen LogP contribution in [0, 0.1) is 19.8 Å². The van der Waals surface area contributed by atoms with Crippen LogP contribution in [0.25, 0.3) is 11.3 Å². The molecule has 1 aromatic heterocycles. The standard InChI is InChI=1S/C23H24ClN3O3S2/c1-15-5-10-20(16(2)12-15)21-14-31-23(25-21)26-22(28)17-4-3-11-27(13-17)32(29,30)19-8-6-18(24)7-9-19/h5-10,12,14,17H,3-4,11,13H2,1-2H3,(H,25,26,28). The van der Waals surface area contributed by atoms with Gasteiger partial charge in [0.25, 0.3) is 0 Å². The molecule has 1 aliphatic heterocycles. The normalized spacial score (nSPS) is 17.3. The monoisotopic (exact) mass is 489 g/mol. The molecule has 2 aromatic carbocycles. The summed E-state index contributed by atoms with van der Waals surface area (Å²) < 4.78 is 27.3. The van der Waals surface area contributed by atoms with Crippen LogP contribution in [0.5, 0.6) is 0 Å². The third-order valence-electron chi connectivity index (χ3n) is 5.60. The highest BCUT2D eigenvalue weighted by Crippen LogP contribution is 2.29. The van der Waals surface area contributed by atoms with Crippen LogP contribution >= 0.6 is 22.9 Å². The van der Waals surface area contributed by atoms with Gasteiger partial charge in [-0.1, -0.05) is 35.4 Å². The van der Waals surface area contributed by atoms with Crippen molar-refractivity contribution in [1.82, 2.24) is 9.29 Å². The third kappa shape index (κ3) is 4.88. The fourth-order valence-electron chi connectivity index (χ4n) is 3.89. The Kier molecular flexibility index (Phi) is 6.67. The molecule has 168 valence electrons. The summed E-state index contributed by atoms with van der Waals surface area (Å²) in [5.74, 6) is -0.637. The molecule has 9 heteroatoms. The van der Waals surface area contributed by atoms with Crippen LogP contribution in [0.15, 0.2) is 52.7 Å². The zero-order chi connectivity index (χ0) is 22.9. The number of aryl methyl sites for hydroxylation is 2. The topological polar surface area (TPSA) is 79.4 Å². The summed E-state index contributed by atoms with van der Waals surface area (Å²) in [6.45, 7) is 4.62. The summed E-state index contributed by atoms with van der Waals surface area (Å²) in [5.41, 5.74) is 4.16. The molecule has 1 aliphatic rings. The highest BCUT2D eigenvalue weighted by molar-refractivity contribution is 7.89. The van der Waals surface area contributed by atoms with Crippen molar-refractivity contribution in [2.24, 2.45) is 5.92 Å². The van der Waals surface area contributed by atoms with E-state index in [9.17, 15) is 13.2 Å². The van der Waals surface area contributed by atoms with Gasteiger partial charge in [0.1, 0.15) is 0 Å². The van der Waals surface area contributed by atoms with Gasteiger partial charge in [-0.2, -0.15) is 4.31 Å². The van der Waals surface area contributed by atoms with Crippen LogP contribution in [-0.2, 0) is 14.8 Å². The molecule has 6 nitrogen and oxygen atoms in total. The van der Waals surface area contributed by atoms with E-state index >= 15 is 0 Å². The number of benzene rings is 2. The van der Waals surface area contributed by atoms with Gasteiger partial charge in [0, 0.05) is 29.1 Å². The highest BCUT2D eigenvalue weighted by Gasteiger charge is 2.33. The van der Waals surface area contributed by atoms with E-state index in [2.05, 4.69) is 16.4 Å². The van der Waals surface area contributed by atoms with E-state index in [-0.39, 0.29) is 17.3 Å². The largest absolute Gasteiger partial charge is 0.302 e. The van der Waals surface area contributed by atoms with Crippen LogP contribution in [0.3, 0.4) is 0 Å². The van der Waals surface area contributed by atoms with E-state index < -0.39 is 15.9 Å². The first-order valence-corrected chi connectivity index (χ1v) is 13.0. The summed E-state index contributed by atoms with van der Waals surface area (Å²) in [4.78, 5) is 17.6. The molecule has 3 aromatic rings. The quantitative estimate of drug-likeness (QED) is 0.539. The highest BCUT2D eigenvalue weighted by atomic mass is 35.5. The Morgan fingerprint density at radius 1 is 1.19 bits per heavy atom. The molecule has 0 radical (unpaired) electrons. The van der Waals surface area contributed by atoms with Crippen LogP contribution in [0.2, 0.25) is 5.02 Å². The fraction of sp³-hybridized carbons (Fsp3) is 0.304. The van der Waals surface area contributed by atoms with Gasteiger partial charge in [-0.05, 0) is 56.5 Å². The second kappa shape index (κ2) is 9.31. The molecule has 0 bridgehead atoms. The van der Waals surface area contributed by atoms with Crippen molar-refractivity contribution in [3.8, 4) is 11.3 Å². The zero-order valence-corrected chi connectivity index (χ0v) is 20.2.